The number of rotatable bonds is 4. The molecule has 0 saturated carbocycles. The molecule has 4 nitrogen and oxygen atoms in total. The van der Waals surface area contributed by atoms with Crippen LogP contribution in [-0.2, 0) is 6.42 Å². The molecule has 0 fully saturated rings. The van der Waals surface area contributed by atoms with E-state index in [4.69, 9.17) is 0 Å². The Balaban J connectivity index is 3.04. The predicted molar refractivity (Wildman–Crippen MR) is 59.9 cm³/mol. The third-order valence-corrected chi connectivity index (χ3v) is 2.20. The average Bonchev–Trinajstić information content (AvgIpc) is 2.27. The van der Waals surface area contributed by atoms with E-state index in [1.807, 2.05) is 20.2 Å². The van der Waals surface area contributed by atoms with E-state index < -0.39 is 0 Å². The Morgan fingerprint density at radius 2 is 2.07 bits per heavy atom. The molecule has 0 atom stereocenters. The van der Waals surface area contributed by atoms with Crippen LogP contribution >= 0.6 is 0 Å². The summed E-state index contributed by atoms with van der Waals surface area (Å²) in [7, 11) is 3.90. The van der Waals surface area contributed by atoms with E-state index in [9.17, 15) is 0 Å². The van der Waals surface area contributed by atoms with E-state index in [0.29, 0.717) is 0 Å². The summed E-state index contributed by atoms with van der Waals surface area (Å²) in [5.41, 5.74) is 0. The van der Waals surface area contributed by atoms with Crippen molar-refractivity contribution in [3.63, 3.8) is 0 Å². The van der Waals surface area contributed by atoms with Crippen molar-refractivity contribution in [1.29, 1.82) is 0 Å². The molecule has 0 aliphatic carbocycles. The Morgan fingerprint density at radius 3 is 2.57 bits per heavy atom. The van der Waals surface area contributed by atoms with Crippen LogP contribution in [0, 0.1) is 0 Å². The highest BCUT2D eigenvalue weighted by Crippen LogP contribution is 2.14. The summed E-state index contributed by atoms with van der Waals surface area (Å²) in [5.74, 6) is 2.74. The Morgan fingerprint density at radius 1 is 1.36 bits per heavy atom. The highest BCUT2D eigenvalue weighted by Gasteiger charge is 2.04. The molecule has 78 valence electrons. The minimum atomic E-state index is 0.861. The number of nitrogens with one attached hydrogen (secondary N) is 1. The van der Waals surface area contributed by atoms with Crippen LogP contribution in [0.25, 0.3) is 0 Å². The van der Waals surface area contributed by atoms with Crippen molar-refractivity contribution in [1.82, 2.24) is 9.97 Å². The summed E-state index contributed by atoms with van der Waals surface area (Å²) in [4.78, 5) is 10.9. The van der Waals surface area contributed by atoms with Crippen LogP contribution in [0.5, 0.6) is 0 Å². The van der Waals surface area contributed by atoms with Gasteiger partial charge in [0, 0.05) is 33.1 Å². The lowest BCUT2D eigenvalue weighted by Crippen LogP contribution is -2.18. The molecular formula is C10H18N4. The van der Waals surface area contributed by atoms with Crippen LogP contribution in [0.4, 0.5) is 11.6 Å². The number of hydrogen-bond donors (Lipinski definition) is 1. The fourth-order valence-electron chi connectivity index (χ4n) is 1.13. The fraction of sp³-hybridized carbons (Fsp3) is 0.600. The molecule has 0 radical (unpaired) electrons. The molecule has 0 amide bonds. The highest BCUT2D eigenvalue weighted by atomic mass is 15.2. The number of nitrogens with zero attached hydrogens (tertiary/aromatic N) is 3. The first-order valence-corrected chi connectivity index (χ1v) is 4.98. The van der Waals surface area contributed by atoms with Crippen molar-refractivity contribution >= 4 is 11.6 Å². The Labute approximate surface area is 85.4 Å². The zero-order chi connectivity index (χ0) is 10.6. The van der Waals surface area contributed by atoms with Crippen molar-refractivity contribution in [3.8, 4) is 0 Å². The van der Waals surface area contributed by atoms with Gasteiger partial charge < -0.3 is 10.2 Å². The molecule has 14 heavy (non-hydrogen) atoms. The maximum absolute atomic E-state index is 4.45. The maximum atomic E-state index is 4.45. The molecule has 0 unspecified atom stereocenters. The summed E-state index contributed by atoms with van der Waals surface area (Å²) in [6.45, 7) is 5.11. The molecule has 1 N–H and O–H groups in total. The Hall–Kier alpha value is -1.32. The van der Waals surface area contributed by atoms with Crippen molar-refractivity contribution < 1.29 is 0 Å². The molecule has 0 aliphatic rings. The lowest BCUT2D eigenvalue weighted by molar-refractivity contribution is 0.882. The SMILES string of the molecule is CCc1nc(NC)cc(N(C)CC)n1. The van der Waals surface area contributed by atoms with Crippen molar-refractivity contribution in [3.05, 3.63) is 11.9 Å². The maximum Gasteiger partial charge on any atom is 0.134 e. The van der Waals surface area contributed by atoms with E-state index in [1.54, 1.807) is 0 Å². The van der Waals surface area contributed by atoms with Crippen LogP contribution < -0.4 is 10.2 Å². The van der Waals surface area contributed by atoms with Crippen LogP contribution in [-0.4, -0.2) is 30.6 Å². The molecule has 1 rings (SSSR count). The number of hydrogen-bond acceptors (Lipinski definition) is 4. The second-order valence-electron chi connectivity index (χ2n) is 3.15. The van der Waals surface area contributed by atoms with Gasteiger partial charge in [-0.15, -0.1) is 0 Å². The van der Waals surface area contributed by atoms with Gasteiger partial charge in [-0.05, 0) is 6.92 Å². The molecule has 1 aromatic rings. The molecule has 0 aliphatic heterocycles. The van der Waals surface area contributed by atoms with E-state index >= 15 is 0 Å². The molecule has 1 heterocycles. The van der Waals surface area contributed by atoms with E-state index in [0.717, 1.165) is 30.4 Å². The first-order valence-electron chi connectivity index (χ1n) is 4.98. The van der Waals surface area contributed by atoms with Gasteiger partial charge in [-0.25, -0.2) is 9.97 Å². The first-order chi connectivity index (χ1) is 6.71. The van der Waals surface area contributed by atoms with E-state index in [-0.39, 0.29) is 0 Å². The fourth-order valence-corrected chi connectivity index (χ4v) is 1.13. The van der Waals surface area contributed by atoms with Crippen LogP contribution in [0.1, 0.15) is 19.7 Å². The van der Waals surface area contributed by atoms with Gasteiger partial charge in [-0.3, -0.25) is 0 Å². The van der Waals surface area contributed by atoms with Crippen LogP contribution in [0.15, 0.2) is 6.07 Å². The summed E-state index contributed by atoms with van der Waals surface area (Å²) >= 11 is 0. The highest BCUT2D eigenvalue weighted by molar-refractivity contribution is 5.48. The van der Waals surface area contributed by atoms with Gasteiger partial charge in [0.15, 0.2) is 0 Å². The zero-order valence-corrected chi connectivity index (χ0v) is 9.33. The van der Waals surface area contributed by atoms with Crippen LogP contribution in [0.3, 0.4) is 0 Å². The third-order valence-electron chi connectivity index (χ3n) is 2.20. The van der Waals surface area contributed by atoms with Crippen molar-refractivity contribution in [2.45, 2.75) is 20.3 Å². The lowest BCUT2D eigenvalue weighted by Gasteiger charge is -2.16. The van der Waals surface area contributed by atoms with E-state index in [2.05, 4.69) is 34.0 Å². The summed E-state index contributed by atoms with van der Waals surface area (Å²) in [5, 5.41) is 3.04. The zero-order valence-electron chi connectivity index (χ0n) is 9.33. The van der Waals surface area contributed by atoms with Gasteiger partial charge in [0.2, 0.25) is 0 Å². The number of aryl methyl sites for hydroxylation is 1. The minimum absolute atomic E-state index is 0.861. The summed E-state index contributed by atoms with van der Waals surface area (Å²) < 4.78 is 0. The summed E-state index contributed by atoms with van der Waals surface area (Å²) in [6, 6.07) is 1.96. The second-order valence-corrected chi connectivity index (χ2v) is 3.15. The largest absolute Gasteiger partial charge is 0.373 e. The quantitative estimate of drug-likeness (QED) is 0.789. The van der Waals surface area contributed by atoms with Crippen LogP contribution in [0.2, 0.25) is 0 Å². The first kappa shape index (κ1) is 10.8. The van der Waals surface area contributed by atoms with Crippen molar-refractivity contribution in [2.75, 3.05) is 30.9 Å². The summed E-state index contributed by atoms with van der Waals surface area (Å²) in [6.07, 6.45) is 0.861. The Bertz CT molecular complexity index is 276. The topological polar surface area (TPSA) is 41.1 Å². The number of anilines is 2. The molecule has 1 aromatic heterocycles. The van der Waals surface area contributed by atoms with Gasteiger partial charge in [0.25, 0.3) is 0 Å². The second kappa shape index (κ2) is 4.79. The molecular weight excluding hydrogens is 176 g/mol. The third kappa shape index (κ3) is 2.34. The van der Waals surface area contributed by atoms with Gasteiger partial charge in [-0.2, -0.15) is 0 Å². The van der Waals surface area contributed by atoms with Gasteiger partial charge in [-0.1, -0.05) is 6.92 Å². The lowest BCUT2D eigenvalue weighted by atomic mass is 10.4. The standard InChI is InChI=1S/C10H18N4/c1-5-8-12-9(11-3)7-10(13-8)14(4)6-2/h7H,5-6H2,1-4H3,(H,11,12,13). The van der Waals surface area contributed by atoms with E-state index in [1.165, 1.54) is 0 Å². The van der Waals surface area contributed by atoms with Gasteiger partial charge in [0.05, 0.1) is 0 Å². The molecule has 0 spiro atoms. The molecule has 0 saturated heterocycles. The normalized spacial score (nSPS) is 10.0. The van der Waals surface area contributed by atoms with Gasteiger partial charge >= 0.3 is 0 Å². The molecule has 4 heteroatoms. The van der Waals surface area contributed by atoms with Gasteiger partial charge in [0.1, 0.15) is 17.5 Å². The average molecular weight is 194 g/mol. The monoisotopic (exact) mass is 194 g/mol. The number of aromatic nitrogens is 2. The predicted octanol–water partition coefficient (Wildman–Crippen LogP) is 1.54. The molecule has 0 bridgehead atoms. The minimum Gasteiger partial charge on any atom is -0.373 e. The Kier molecular flexibility index (Phi) is 3.68. The smallest absolute Gasteiger partial charge is 0.134 e. The van der Waals surface area contributed by atoms with Crippen molar-refractivity contribution in [2.24, 2.45) is 0 Å². The molecule has 0 aromatic carbocycles.